The monoisotopic (exact) mass is 346 g/mol. The fourth-order valence-electron chi connectivity index (χ4n) is 3.08. The van der Waals surface area contributed by atoms with Gasteiger partial charge in [-0.2, -0.15) is 0 Å². The van der Waals surface area contributed by atoms with E-state index in [1.165, 1.54) is 0 Å². The molecule has 0 saturated heterocycles. The number of hydrogen-bond donors (Lipinski definition) is 1. The number of phenols is 1. The molecule has 26 heavy (non-hydrogen) atoms. The number of ether oxygens (including phenoxy) is 1. The van der Waals surface area contributed by atoms with Gasteiger partial charge in [-0.05, 0) is 48.7 Å². The molecule has 0 bridgehead atoms. The molecule has 3 heteroatoms. The number of carbonyl (C=O) groups excluding carboxylic acids is 1. The predicted octanol–water partition coefficient (Wildman–Crippen LogP) is 4.92. The molecule has 3 aromatic carbocycles. The van der Waals surface area contributed by atoms with Crippen molar-refractivity contribution in [3.05, 3.63) is 95.1 Å². The topological polar surface area (TPSA) is 46.5 Å². The van der Waals surface area contributed by atoms with E-state index < -0.39 is 0 Å². The first kappa shape index (κ1) is 17.7. The Morgan fingerprint density at radius 1 is 1.00 bits per heavy atom. The lowest BCUT2D eigenvalue weighted by atomic mass is 9.85. The average Bonchev–Trinajstić information content (AvgIpc) is 2.68. The van der Waals surface area contributed by atoms with Crippen LogP contribution in [-0.4, -0.2) is 18.0 Å². The summed E-state index contributed by atoms with van der Waals surface area (Å²) in [4.78, 5) is 13.3. The Labute approximate surface area is 153 Å². The summed E-state index contributed by atoms with van der Waals surface area (Å²) in [7, 11) is 1.63. The van der Waals surface area contributed by atoms with Crippen LogP contribution < -0.4 is 4.74 Å². The number of methoxy groups -OCH3 is 1. The summed E-state index contributed by atoms with van der Waals surface area (Å²) in [6.07, 6.45) is 0.556. The van der Waals surface area contributed by atoms with Gasteiger partial charge >= 0.3 is 0 Å². The van der Waals surface area contributed by atoms with Crippen molar-refractivity contribution >= 4 is 5.78 Å². The molecule has 0 aliphatic carbocycles. The van der Waals surface area contributed by atoms with E-state index in [9.17, 15) is 9.90 Å². The van der Waals surface area contributed by atoms with Crippen LogP contribution >= 0.6 is 0 Å². The highest BCUT2D eigenvalue weighted by Gasteiger charge is 2.24. The zero-order valence-corrected chi connectivity index (χ0v) is 15.0. The van der Waals surface area contributed by atoms with Crippen molar-refractivity contribution in [3.63, 3.8) is 0 Å². The number of aryl methyl sites for hydroxylation is 1. The molecule has 3 rings (SSSR count). The lowest BCUT2D eigenvalue weighted by Gasteiger charge is -2.18. The summed E-state index contributed by atoms with van der Waals surface area (Å²) in [5.74, 6) is 0.370. The third-order valence-corrected chi connectivity index (χ3v) is 4.53. The van der Waals surface area contributed by atoms with Crippen molar-refractivity contribution in [2.75, 3.05) is 7.11 Å². The van der Waals surface area contributed by atoms with E-state index in [0.717, 1.165) is 22.4 Å². The number of carbonyl (C=O) groups is 1. The van der Waals surface area contributed by atoms with Crippen molar-refractivity contribution in [2.24, 2.45) is 0 Å². The molecule has 0 aliphatic heterocycles. The van der Waals surface area contributed by atoms with Crippen LogP contribution in [0.25, 0.3) is 0 Å². The van der Waals surface area contributed by atoms with Crippen LogP contribution in [0.4, 0.5) is 0 Å². The normalized spacial score (nSPS) is 11.8. The molecule has 0 aromatic heterocycles. The van der Waals surface area contributed by atoms with Crippen LogP contribution in [0.15, 0.2) is 72.8 Å². The molecular formula is C23H22O3. The highest BCUT2D eigenvalue weighted by Crippen LogP contribution is 2.30. The quantitative estimate of drug-likeness (QED) is 0.645. The van der Waals surface area contributed by atoms with Crippen molar-refractivity contribution < 1.29 is 14.6 Å². The minimum absolute atomic E-state index is 0.0243. The van der Waals surface area contributed by atoms with Gasteiger partial charge in [0.25, 0.3) is 0 Å². The van der Waals surface area contributed by atoms with Crippen LogP contribution in [0.5, 0.6) is 11.5 Å². The Bertz CT molecular complexity index is 883. The van der Waals surface area contributed by atoms with Crippen molar-refractivity contribution in [3.8, 4) is 11.5 Å². The lowest BCUT2D eigenvalue weighted by Crippen LogP contribution is -2.16. The minimum atomic E-state index is -0.364. The number of phenolic OH excluding ortho intramolecular Hbond substituents is 1. The summed E-state index contributed by atoms with van der Waals surface area (Å²) in [6, 6.07) is 22.6. The van der Waals surface area contributed by atoms with Crippen molar-refractivity contribution in [2.45, 2.75) is 19.3 Å². The first-order valence-corrected chi connectivity index (χ1v) is 8.60. The average molecular weight is 346 g/mol. The van der Waals surface area contributed by atoms with E-state index in [0.29, 0.717) is 12.0 Å². The molecule has 0 saturated carbocycles. The number of aromatic hydroxyl groups is 1. The molecule has 1 unspecified atom stereocenters. The van der Waals surface area contributed by atoms with Crippen molar-refractivity contribution in [1.29, 1.82) is 0 Å². The number of hydrogen-bond acceptors (Lipinski definition) is 3. The fraction of sp³-hybridized carbons (Fsp3) is 0.174. The summed E-state index contributed by atoms with van der Waals surface area (Å²) in [5.41, 5.74) is 3.30. The highest BCUT2D eigenvalue weighted by atomic mass is 16.5. The molecule has 0 fully saturated rings. The Balaban J connectivity index is 1.97. The highest BCUT2D eigenvalue weighted by molar-refractivity contribution is 6.03. The van der Waals surface area contributed by atoms with Gasteiger partial charge in [-0.3, -0.25) is 4.79 Å². The summed E-state index contributed by atoms with van der Waals surface area (Å²) in [5, 5.41) is 10.2. The minimum Gasteiger partial charge on any atom is -0.507 e. The third-order valence-electron chi connectivity index (χ3n) is 4.53. The van der Waals surface area contributed by atoms with Crippen LogP contribution in [-0.2, 0) is 6.42 Å². The number of Topliss-reactive ketones (excluding diaryl/α,β-unsaturated/α-hetero) is 1. The van der Waals surface area contributed by atoms with E-state index >= 15 is 0 Å². The molecule has 0 amide bonds. The van der Waals surface area contributed by atoms with Gasteiger partial charge in [0.15, 0.2) is 5.78 Å². The van der Waals surface area contributed by atoms with Gasteiger partial charge in [-0.1, -0.05) is 54.1 Å². The summed E-state index contributed by atoms with van der Waals surface area (Å²) in [6.45, 7) is 1.91. The third kappa shape index (κ3) is 3.94. The van der Waals surface area contributed by atoms with E-state index in [-0.39, 0.29) is 17.5 Å². The fourth-order valence-corrected chi connectivity index (χ4v) is 3.08. The first-order chi connectivity index (χ1) is 12.6. The van der Waals surface area contributed by atoms with Gasteiger partial charge in [0, 0.05) is 0 Å². The molecule has 1 atom stereocenters. The van der Waals surface area contributed by atoms with Gasteiger partial charge in [-0.15, -0.1) is 0 Å². The second kappa shape index (κ2) is 7.87. The van der Waals surface area contributed by atoms with E-state index in [4.69, 9.17) is 4.74 Å². The van der Waals surface area contributed by atoms with Gasteiger partial charge < -0.3 is 9.84 Å². The molecule has 1 N–H and O–H groups in total. The first-order valence-electron chi connectivity index (χ1n) is 8.60. The van der Waals surface area contributed by atoms with E-state index in [2.05, 4.69) is 0 Å². The maximum Gasteiger partial charge on any atom is 0.174 e. The molecule has 3 nitrogen and oxygen atoms in total. The van der Waals surface area contributed by atoms with E-state index in [1.54, 1.807) is 25.3 Å². The molecular weight excluding hydrogens is 324 g/mol. The van der Waals surface area contributed by atoms with Crippen LogP contribution in [0.1, 0.15) is 33.0 Å². The SMILES string of the molecule is COc1ccc(CC(C(=O)c2cc(C)ccc2O)c2ccccc2)cc1. The van der Waals surface area contributed by atoms with Crippen LogP contribution in [0.3, 0.4) is 0 Å². The largest absolute Gasteiger partial charge is 0.507 e. The van der Waals surface area contributed by atoms with Crippen LogP contribution in [0, 0.1) is 6.92 Å². The summed E-state index contributed by atoms with van der Waals surface area (Å²) >= 11 is 0. The zero-order valence-electron chi connectivity index (χ0n) is 15.0. The smallest absolute Gasteiger partial charge is 0.174 e. The predicted molar refractivity (Wildman–Crippen MR) is 103 cm³/mol. The van der Waals surface area contributed by atoms with Gasteiger partial charge in [0.2, 0.25) is 0 Å². The Morgan fingerprint density at radius 3 is 2.35 bits per heavy atom. The molecule has 132 valence electrons. The Hall–Kier alpha value is -3.07. The number of rotatable bonds is 6. The van der Waals surface area contributed by atoms with Crippen LogP contribution in [0.2, 0.25) is 0 Å². The second-order valence-corrected chi connectivity index (χ2v) is 6.40. The lowest BCUT2D eigenvalue weighted by molar-refractivity contribution is 0.0956. The maximum atomic E-state index is 13.3. The Kier molecular flexibility index (Phi) is 5.37. The molecule has 0 heterocycles. The number of ketones is 1. The standard InChI is InChI=1S/C23H22O3/c1-16-8-13-22(24)21(14-16)23(25)20(18-6-4-3-5-7-18)15-17-9-11-19(26-2)12-10-17/h3-14,20,24H,15H2,1-2H3. The maximum absolute atomic E-state index is 13.3. The molecule has 0 radical (unpaired) electrons. The summed E-state index contributed by atoms with van der Waals surface area (Å²) < 4.78 is 5.20. The zero-order chi connectivity index (χ0) is 18.5. The second-order valence-electron chi connectivity index (χ2n) is 6.40. The van der Waals surface area contributed by atoms with Gasteiger partial charge in [0.1, 0.15) is 11.5 Å². The molecule has 3 aromatic rings. The van der Waals surface area contributed by atoms with Gasteiger partial charge in [0.05, 0.1) is 18.6 Å². The number of benzene rings is 3. The van der Waals surface area contributed by atoms with E-state index in [1.807, 2.05) is 61.5 Å². The molecule has 0 aliphatic rings. The Morgan fingerprint density at radius 2 is 1.69 bits per heavy atom. The van der Waals surface area contributed by atoms with Crippen molar-refractivity contribution in [1.82, 2.24) is 0 Å². The molecule has 0 spiro atoms. The van der Waals surface area contributed by atoms with Gasteiger partial charge in [-0.25, -0.2) is 0 Å².